The van der Waals surface area contributed by atoms with Gasteiger partial charge in [0.15, 0.2) is 0 Å². The Morgan fingerprint density at radius 1 is 1.38 bits per heavy atom. The van der Waals surface area contributed by atoms with E-state index < -0.39 is 0 Å². The van der Waals surface area contributed by atoms with Crippen LogP contribution >= 0.6 is 23.6 Å². The molecule has 0 radical (unpaired) electrons. The van der Waals surface area contributed by atoms with E-state index >= 15 is 0 Å². The zero-order chi connectivity index (χ0) is 11.5. The first-order valence-electron chi connectivity index (χ1n) is 5.21. The minimum absolute atomic E-state index is 0.570. The highest BCUT2D eigenvalue weighted by Crippen LogP contribution is 2.20. The topological polar surface area (TPSA) is 58.3 Å². The number of hydrogen-bond donors (Lipinski definition) is 1. The van der Waals surface area contributed by atoms with Gasteiger partial charge in [0.1, 0.15) is 5.01 Å². The van der Waals surface area contributed by atoms with E-state index in [9.17, 15) is 0 Å². The lowest BCUT2D eigenvalue weighted by atomic mass is 10.3. The second-order valence-corrected chi connectivity index (χ2v) is 5.52. The zero-order valence-corrected chi connectivity index (χ0v) is 10.9. The van der Waals surface area contributed by atoms with Crippen molar-refractivity contribution in [2.45, 2.75) is 6.92 Å². The van der Waals surface area contributed by atoms with Gasteiger partial charge < -0.3 is 10.6 Å². The number of thiocarbonyl (C=S) groups is 1. The van der Waals surface area contributed by atoms with Crippen molar-refractivity contribution in [2.24, 2.45) is 5.73 Å². The van der Waals surface area contributed by atoms with Gasteiger partial charge in [-0.05, 0) is 6.92 Å². The van der Waals surface area contributed by atoms with Crippen LogP contribution in [0.3, 0.4) is 0 Å². The Balaban J connectivity index is 1.87. The van der Waals surface area contributed by atoms with Crippen molar-refractivity contribution in [2.75, 3.05) is 37.6 Å². The molecule has 2 N–H and O–H groups in total. The molecule has 88 valence electrons. The number of nitrogens with zero attached hydrogens (tertiary/aromatic N) is 4. The molecule has 0 atom stereocenters. The Kier molecular flexibility index (Phi) is 3.67. The smallest absolute Gasteiger partial charge is 0.208 e. The fraction of sp³-hybridized carbons (Fsp3) is 0.667. The molecule has 1 aromatic heterocycles. The number of piperazine rings is 1. The highest BCUT2D eigenvalue weighted by Gasteiger charge is 2.19. The first-order valence-corrected chi connectivity index (χ1v) is 6.43. The maximum atomic E-state index is 5.53. The summed E-state index contributed by atoms with van der Waals surface area (Å²) in [6.45, 7) is 6.60. The van der Waals surface area contributed by atoms with Crippen LogP contribution in [-0.4, -0.2) is 52.8 Å². The average molecular weight is 257 g/mol. The lowest BCUT2D eigenvalue weighted by molar-refractivity contribution is 0.292. The summed E-state index contributed by atoms with van der Waals surface area (Å²) in [6, 6.07) is 0. The maximum Gasteiger partial charge on any atom is 0.208 e. The van der Waals surface area contributed by atoms with Crippen LogP contribution in [0.2, 0.25) is 0 Å². The van der Waals surface area contributed by atoms with Gasteiger partial charge >= 0.3 is 0 Å². The van der Waals surface area contributed by atoms with E-state index in [1.807, 2.05) is 6.92 Å². The number of anilines is 1. The third kappa shape index (κ3) is 2.87. The summed E-state index contributed by atoms with van der Waals surface area (Å²) in [5.74, 6) is 0. The third-order valence-corrected chi connectivity index (χ3v) is 3.57. The van der Waals surface area contributed by atoms with Crippen molar-refractivity contribution >= 4 is 33.7 Å². The van der Waals surface area contributed by atoms with Crippen LogP contribution in [0.25, 0.3) is 0 Å². The molecule has 2 heterocycles. The second-order valence-electron chi connectivity index (χ2n) is 3.83. The normalized spacial score (nSPS) is 17.7. The predicted molar refractivity (Wildman–Crippen MR) is 70.1 cm³/mol. The lowest BCUT2D eigenvalue weighted by Crippen LogP contribution is -2.48. The van der Waals surface area contributed by atoms with Crippen molar-refractivity contribution in [1.82, 2.24) is 15.1 Å². The van der Waals surface area contributed by atoms with Gasteiger partial charge in [0, 0.05) is 32.7 Å². The fourth-order valence-electron chi connectivity index (χ4n) is 1.73. The van der Waals surface area contributed by atoms with E-state index in [-0.39, 0.29) is 0 Å². The molecule has 16 heavy (non-hydrogen) atoms. The van der Waals surface area contributed by atoms with Crippen LogP contribution in [0.4, 0.5) is 5.13 Å². The first-order chi connectivity index (χ1) is 7.65. The van der Waals surface area contributed by atoms with Crippen LogP contribution in [-0.2, 0) is 0 Å². The van der Waals surface area contributed by atoms with Crippen LogP contribution in [0.5, 0.6) is 0 Å². The Hall–Kier alpha value is -0.790. The molecule has 0 saturated carbocycles. The highest BCUT2D eigenvalue weighted by atomic mass is 32.1. The Labute approximate surface area is 104 Å². The van der Waals surface area contributed by atoms with E-state index in [0.29, 0.717) is 4.99 Å². The number of hydrogen-bond acceptors (Lipinski definition) is 6. The fourth-order valence-corrected chi connectivity index (χ4v) is 2.65. The summed E-state index contributed by atoms with van der Waals surface area (Å²) in [5.41, 5.74) is 5.53. The molecule has 0 unspecified atom stereocenters. The molecule has 1 fully saturated rings. The molecule has 5 nitrogen and oxygen atoms in total. The van der Waals surface area contributed by atoms with Crippen molar-refractivity contribution in [3.63, 3.8) is 0 Å². The summed E-state index contributed by atoms with van der Waals surface area (Å²) in [6.07, 6.45) is 0. The molecule has 1 saturated heterocycles. The number of rotatable bonds is 3. The van der Waals surface area contributed by atoms with Gasteiger partial charge in [-0.2, -0.15) is 0 Å². The van der Waals surface area contributed by atoms with Gasteiger partial charge in [-0.1, -0.05) is 23.6 Å². The van der Waals surface area contributed by atoms with Crippen LogP contribution in [0, 0.1) is 6.92 Å². The Morgan fingerprint density at radius 2 is 2.06 bits per heavy atom. The molecule has 0 spiro atoms. The number of aromatic nitrogens is 2. The molecule has 7 heteroatoms. The van der Waals surface area contributed by atoms with E-state index in [1.54, 1.807) is 11.3 Å². The van der Waals surface area contributed by atoms with Gasteiger partial charge in [-0.25, -0.2) is 0 Å². The molecular weight excluding hydrogens is 242 g/mol. The summed E-state index contributed by atoms with van der Waals surface area (Å²) < 4.78 is 0. The highest BCUT2D eigenvalue weighted by molar-refractivity contribution is 7.80. The van der Waals surface area contributed by atoms with Gasteiger partial charge in [-0.3, -0.25) is 4.90 Å². The average Bonchev–Trinajstić information content (AvgIpc) is 2.65. The number of nitrogens with two attached hydrogens (primary N) is 1. The molecule has 1 aliphatic rings. The predicted octanol–water partition coefficient (Wildman–Crippen LogP) is 0.255. The Bertz CT molecular complexity index is 370. The Morgan fingerprint density at radius 3 is 2.56 bits per heavy atom. The zero-order valence-electron chi connectivity index (χ0n) is 9.22. The SMILES string of the molecule is Cc1nnc(N2CCN(CC(N)=S)CC2)s1. The first kappa shape index (κ1) is 11.7. The lowest BCUT2D eigenvalue weighted by Gasteiger charge is -2.33. The maximum absolute atomic E-state index is 5.53. The van der Waals surface area contributed by atoms with Gasteiger partial charge in [0.2, 0.25) is 5.13 Å². The standard InChI is InChI=1S/C9H15N5S2/c1-7-11-12-9(16-7)14-4-2-13(3-5-14)6-8(10)15/h2-6H2,1H3,(H2,10,15). The van der Waals surface area contributed by atoms with E-state index in [2.05, 4.69) is 20.0 Å². The van der Waals surface area contributed by atoms with Crippen molar-refractivity contribution in [3.8, 4) is 0 Å². The van der Waals surface area contributed by atoms with Crippen LogP contribution in [0.15, 0.2) is 0 Å². The van der Waals surface area contributed by atoms with Gasteiger partial charge in [-0.15, -0.1) is 10.2 Å². The molecule has 0 amide bonds. The monoisotopic (exact) mass is 257 g/mol. The summed E-state index contributed by atoms with van der Waals surface area (Å²) in [4.78, 5) is 5.10. The molecule has 2 rings (SSSR count). The quantitative estimate of drug-likeness (QED) is 0.784. The molecule has 0 aliphatic carbocycles. The summed E-state index contributed by atoms with van der Waals surface area (Å²) in [7, 11) is 0. The van der Waals surface area contributed by atoms with Gasteiger partial charge in [0.05, 0.1) is 4.99 Å². The van der Waals surface area contributed by atoms with Crippen molar-refractivity contribution in [3.05, 3.63) is 5.01 Å². The van der Waals surface area contributed by atoms with Crippen molar-refractivity contribution < 1.29 is 0 Å². The third-order valence-electron chi connectivity index (χ3n) is 2.54. The minimum atomic E-state index is 0.570. The molecule has 0 bridgehead atoms. The molecule has 1 aromatic rings. The number of aryl methyl sites for hydroxylation is 1. The molecule has 1 aliphatic heterocycles. The summed E-state index contributed by atoms with van der Waals surface area (Å²) >= 11 is 6.55. The van der Waals surface area contributed by atoms with Crippen molar-refractivity contribution in [1.29, 1.82) is 0 Å². The van der Waals surface area contributed by atoms with E-state index in [0.717, 1.165) is 42.9 Å². The van der Waals surface area contributed by atoms with Crippen LogP contribution < -0.4 is 10.6 Å². The minimum Gasteiger partial charge on any atom is -0.392 e. The van der Waals surface area contributed by atoms with E-state index in [1.165, 1.54) is 0 Å². The molecular formula is C9H15N5S2. The largest absolute Gasteiger partial charge is 0.392 e. The van der Waals surface area contributed by atoms with Crippen LogP contribution in [0.1, 0.15) is 5.01 Å². The molecule has 0 aromatic carbocycles. The second kappa shape index (κ2) is 5.03. The van der Waals surface area contributed by atoms with Gasteiger partial charge in [0.25, 0.3) is 0 Å². The summed E-state index contributed by atoms with van der Waals surface area (Å²) in [5, 5.41) is 10.2. The van der Waals surface area contributed by atoms with E-state index in [4.69, 9.17) is 18.0 Å².